The monoisotopic (exact) mass is 495 g/mol. The molecule has 0 aromatic heterocycles. The third kappa shape index (κ3) is 7.30. The van der Waals surface area contributed by atoms with Crippen LogP contribution in [0.3, 0.4) is 0 Å². The number of ether oxygens (including phenoxy) is 1. The first-order chi connectivity index (χ1) is 11.7. The Labute approximate surface area is 174 Å². The zero-order valence-corrected chi connectivity index (χ0v) is 19.1. The molecule has 0 radical (unpaired) electrons. The van der Waals surface area contributed by atoms with Crippen molar-refractivity contribution in [1.29, 1.82) is 0 Å². The largest absolute Gasteiger partial charge is 0.487 e. The Hall–Kier alpha value is -1.03. The summed E-state index contributed by atoms with van der Waals surface area (Å²) in [6.07, 6.45) is 2.59. The molecule has 1 unspecified atom stereocenters. The van der Waals surface area contributed by atoms with Crippen LogP contribution in [0.2, 0.25) is 0 Å². The van der Waals surface area contributed by atoms with E-state index in [9.17, 15) is 8.42 Å². The quantitative estimate of drug-likeness (QED) is 0.275. The summed E-state index contributed by atoms with van der Waals surface area (Å²) in [6.45, 7) is 7.37. The van der Waals surface area contributed by atoms with Crippen molar-refractivity contribution >= 4 is 39.8 Å². The van der Waals surface area contributed by atoms with E-state index in [1.165, 1.54) is 6.26 Å². The van der Waals surface area contributed by atoms with Gasteiger partial charge in [0.15, 0.2) is 5.96 Å². The number of hydrogen-bond acceptors (Lipinski definition) is 4. The zero-order chi connectivity index (χ0) is 18.5. The number of hydrogen-bond donors (Lipinski definition) is 2. The van der Waals surface area contributed by atoms with E-state index in [4.69, 9.17) is 4.74 Å². The normalized spacial score (nSPS) is 18.9. The SMILES string of the molecule is CCNC(=NCCCS(C)(=O)=O)NC1CC(C)(C)Oc2ccccc21.I. The molecule has 0 bridgehead atoms. The number of nitrogens with zero attached hydrogens (tertiary/aromatic N) is 1. The zero-order valence-electron chi connectivity index (χ0n) is 15.9. The molecular formula is C18H30IN3O3S. The standard InChI is InChI=1S/C18H29N3O3S.HI/c1-5-19-17(20-11-8-12-25(4,22)23)21-15-13-18(2,3)24-16-10-7-6-9-14(15)16;/h6-7,9-10,15H,5,8,11-13H2,1-4H3,(H2,19,20,21);1H. The van der Waals surface area contributed by atoms with Gasteiger partial charge in [0.05, 0.1) is 11.8 Å². The molecule has 1 atom stereocenters. The number of guanidine groups is 1. The number of aliphatic imine (C=N–C) groups is 1. The van der Waals surface area contributed by atoms with E-state index in [0.29, 0.717) is 18.9 Å². The highest BCUT2D eigenvalue weighted by Crippen LogP contribution is 2.39. The molecule has 2 N–H and O–H groups in total. The smallest absolute Gasteiger partial charge is 0.191 e. The number of fused-ring (bicyclic) bond motifs is 1. The molecule has 6 nitrogen and oxygen atoms in total. The summed E-state index contributed by atoms with van der Waals surface area (Å²) in [7, 11) is -2.94. The fourth-order valence-corrected chi connectivity index (χ4v) is 3.59. The summed E-state index contributed by atoms with van der Waals surface area (Å²) in [6, 6.07) is 8.12. The van der Waals surface area contributed by atoms with Gasteiger partial charge in [0.2, 0.25) is 0 Å². The highest BCUT2D eigenvalue weighted by molar-refractivity contribution is 14.0. The van der Waals surface area contributed by atoms with Gasteiger partial charge in [-0.1, -0.05) is 18.2 Å². The first-order valence-electron chi connectivity index (χ1n) is 8.71. The summed E-state index contributed by atoms with van der Waals surface area (Å²) < 4.78 is 28.5. The molecule has 0 aliphatic carbocycles. The van der Waals surface area contributed by atoms with Crippen molar-refractivity contribution in [2.24, 2.45) is 4.99 Å². The van der Waals surface area contributed by atoms with E-state index in [0.717, 1.165) is 24.3 Å². The molecule has 0 spiro atoms. The number of rotatable bonds is 6. The van der Waals surface area contributed by atoms with Gasteiger partial charge < -0.3 is 15.4 Å². The molecule has 0 saturated heterocycles. The lowest BCUT2D eigenvalue weighted by Gasteiger charge is -2.38. The van der Waals surface area contributed by atoms with Gasteiger partial charge in [0.1, 0.15) is 21.2 Å². The summed E-state index contributed by atoms with van der Waals surface area (Å²) in [5.74, 6) is 1.75. The van der Waals surface area contributed by atoms with Crippen molar-refractivity contribution in [2.45, 2.75) is 45.3 Å². The van der Waals surface area contributed by atoms with E-state index < -0.39 is 9.84 Å². The summed E-state index contributed by atoms with van der Waals surface area (Å²) >= 11 is 0. The fraction of sp³-hybridized carbons (Fsp3) is 0.611. The van der Waals surface area contributed by atoms with Gasteiger partial charge in [0.25, 0.3) is 0 Å². The van der Waals surface area contributed by atoms with Crippen LogP contribution in [-0.4, -0.2) is 45.1 Å². The highest BCUT2D eigenvalue weighted by atomic mass is 127. The van der Waals surface area contributed by atoms with Gasteiger partial charge in [-0.3, -0.25) is 4.99 Å². The van der Waals surface area contributed by atoms with Gasteiger partial charge >= 0.3 is 0 Å². The summed E-state index contributed by atoms with van der Waals surface area (Å²) in [5.41, 5.74) is 0.850. The lowest BCUT2D eigenvalue weighted by Crippen LogP contribution is -2.45. The van der Waals surface area contributed by atoms with Gasteiger partial charge in [-0.25, -0.2) is 8.42 Å². The summed E-state index contributed by atoms with van der Waals surface area (Å²) in [4.78, 5) is 4.52. The van der Waals surface area contributed by atoms with Crippen LogP contribution in [0.25, 0.3) is 0 Å². The first kappa shape index (κ1) is 23.0. The van der Waals surface area contributed by atoms with Crippen molar-refractivity contribution in [1.82, 2.24) is 10.6 Å². The molecule has 1 heterocycles. The Morgan fingerprint density at radius 2 is 2.04 bits per heavy atom. The van der Waals surface area contributed by atoms with Crippen LogP contribution in [-0.2, 0) is 9.84 Å². The van der Waals surface area contributed by atoms with Gasteiger partial charge in [-0.05, 0) is 33.3 Å². The lowest BCUT2D eigenvalue weighted by molar-refractivity contribution is 0.0694. The minimum absolute atomic E-state index is 0. The molecule has 0 fully saturated rings. The number of halogens is 1. The van der Waals surface area contributed by atoms with Crippen molar-refractivity contribution in [3.8, 4) is 5.75 Å². The second-order valence-electron chi connectivity index (χ2n) is 7.04. The van der Waals surface area contributed by atoms with E-state index in [1.807, 2.05) is 25.1 Å². The van der Waals surface area contributed by atoms with Crippen LogP contribution in [0.5, 0.6) is 5.75 Å². The van der Waals surface area contributed by atoms with E-state index in [-0.39, 0.29) is 41.4 Å². The Kier molecular flexibility index (Phi) is 8.65. The molecule has 148 valence electrons. The molecule has 1 aliphatic rings. The van der Waals surface area contributed by atoms with Gasteiger partial charge in [0, 0.05) is 31.3 Å². The molecule has 8 heteroatoms. The van der Waals surface area contributed by atoms with Gasteiger partial charge in [-0.15, -0.1) is 24.0 Å². The lowest BCUT2D eigenvalue weighted by atomic mass is 9.90. The minimum Gasteiger partial charge on any atom is -0.487 e. The number of benzene rings is 1. The Balaban J connectivity index is 0.00000338. The maximum atomic E-state index is 11.2. The molecule has 2 rings (SSSR count). The molecule has 26 heavy (non-hydrogen) atoms. The van der Waals surface area contributed by atoms with Crippen LogP contribution < -0.4 is 15.4 Å². The second-order valence-corrected chi connectivity index (χ2v) is 9.30. The van der Waals surface area contributed by atoms with Crippen LogP contribution in [0.1, 0.15) is 45.2 Å². The van der Waals surface area contributed by atoms with Crippen LogP contribution >= 0.6 is 24.0 Å². The Morgan fingerprint density at radius 3 is 2.69 bits per heavy atom. The maximum Gasteiger partial charge on any atom is 0.191 e. The number of nitrogens with one attached hydrogen (secondary N) is 2. The highest BCUT2D eigenvalue weighted by Gasteiger charge is 2.33. The number of para-hydroxylation sites is 1. The first-order valence-corrected chi connectivity index (χ1v) is 10.8. The molecule has 1 aromatic carbocycles. The molecule has 0 amide bonds. The second kappa shape index (κ2) is 9.77. The average molecular weight is 495 g/mol. The number of sulfone groups is 1. The van der Waals surface area contributed by atoms with E-state index in [1.54, 1.807) is 0 Å². The van der Waals surface area contributed by atoms with Crippen LogP contribution in [0.15, 0.2) is 29.3 Å². The van der Waals surface area contributed by atoms with Crippen molar-refractivity contribution in [2.75, 3.05) is 25.1 Å². The van der Waals surface area contributed by atoms with Crippen LogP contribution in [0.4, 0.5) is 0 Å². The third-order valence-corrected chi connectivity index (χ3v) is 5.00. The molecule has 1 aliphatic heterocycles. The fourth-order valence-electron chi connectivity index (χ4n) is 2.93. The van der Waals surface area contributed by atoms with Crippen LogP contribution in [0, 0.1) is 0 Å². The summed E-state index contributed by atoms with van der Waals surface area (Å²) in [5, 5.41) is 6.71. The maximum absolute atomic E-state index is 11.2. The van der Waals surface area contributed by atoms with E-state index >= 15 is 0 Å². The molecule has 0 saturated carbocycles. The molecule has 1 aromatic rings. The molecular weight excluding hydrogens is 465 g/mol. The van der Waals surface area contributed by atoms with Crippen molar-refractivity contribution < 1.29 is 13.2 Å². The van der Waals surface area contributed by atoms with Gasteiger partial charge in [-0.2, -0.15) is 0 Å². The van der Waals surface area contributed by atoms with E-state index in [2.05, 4.69) is 35.5 Å². The van der Waals surface area contributed by atoms with Crippen molar-refractivity contribution in [3.63, 3.8) is 0 Å². The minimum atomic E-state index is -2.94. The average Bonchev–Trinajstić information content (AvgIpc) is 2.49. The predicted octanol–water partition coefficient (Wildman–Crippen LogP) is 2.90. The third-order valence-electron chi connectivity index (χ3n) is 3.97. The Morgan fingerprint density at radius 1 is 1.35 bits per heavy atom. The topological polar surface area (TPSA) is 79.8 Å². The van der Waals surface area contributed by atoms with Crippen molar-refractivity contribution in [3.05, 3.63) is 29.8 Å². The predicted molar refractivity (Wildman–Crippen MR) is 117 cm³/mol. The Bertz CT molecular complexity index is 720.